The van der Waals surface area contributed by atoms with E-state index in [1.54, 1.807) is 6.92 Å². The fourth-order valence-corrected chi connectivity index (χ4v) is 2.14. The van der Waals surface area contributed by atoms with Gasteiger partial charge in [-0.05, 0) is 30.0 Å². The quantitative estimate of drug-likeness (QED) is 0.765. The molecule has 0 aliphatic carbocycles. The van der Waals surface area contributed by atoms with Gasteiger partial charge in [0.15, 0.2) is 0 Å². The van der Waals surface area contributed by atoms with E-state index in [-0.39, 0.29) is 10.6 Å². The van der Waals surface area contributed by atoms with Crippen LogP contribution in [-0.2, 0) is 17.1 Å². The molecule has 15 heavy (non-hydrogen) atoms. The molecule has 0 aromatic heterocycles. The van der Waals surface area contributed by atoms with Crippen molar-refractivity contribution in [2.75, 3.05) is 0 Å². The molecule has 0 bridgehead atoms. The second kappa shape index (κ2) is 5.66. The van der Waals surface area contributed by atoms with Crippen molar-refractivity contribution in [1.82, 2.24) is 0 Å². The Morgan fingerprint density at radius 2 is 2.20 bits per heavy atom. The van der Waals surface area contributed by atoms with Crippen molar-refractivity contribution >= 4 is 33.3 Å². The number of halogens is 2. The van der Waals surface area contributed by atoms with E-state index in [0.717, 1.165) is 17.5 Å². The summed E-state index contributed by atoms with van der Waals surface area (Å²) in [6.45, 7) is 3.68. The van der Waals surface area contributed by atoms with Crippen LogP contribution in [0.15, 0.2) is 18.2 Å². The minimum Gasteiger partial charge on any atom is -0.298 e. The molecule has 3 heteroatoms. The minimum absolute atomic E-state index is 0.102. The summed E-state index contributed by atoms with van der Waals surface area (Å²) in [5.74, 6) is 0.545. The van der Waals surface area contributed by atoms with Gasteiger partial charge in [-0.2, -0.15) is 0 Å². The van der Waals surface area contributed by atoms with Gasteiger partial charge in [-0.1, -0.05) is 41.1 Å². The summed E-state index contributed by atoms with van der Waals surface area (Å²) < 4.78 is 0. The van der Waals surface area contributed by atoms with Crippen LogP contribution in [0.2, 0.25) is 0 Å². The van der Waals surface area contributed by atoms with Crippen molar-refractivity contribution in [1.29, 1.82) is 0 Å². The number of benzene rings is 1. The van der Waals surface area contributed by atoms with Gasteiger partial charge >= 0.3 is 0 Å². The first kappa shape index (κ1) is 12.7. The van der Waals surface area contributed by atoms with E-state index in [2.05, 4.69) is 28.9 Å². The Hall–Kier alpha value is -0.340. The molecule has 1 aromatic rings. The van der Waals surface area contributed by atoms with Gasteiger partial charge < -0.3 is 0 Å². The first-order chi connectivity index (χ1) is 7.10. The average molecular weight is 290 g/mol. The normalized spacial score (nSPS) is 12.5. The second-order valence-electron chi connectivity index (χ2n) is 3.49. The van der Waals surface area contributed by atoms with Crippen molar-refractivity contribution in [3.05, 3.63) is 34.9 Å². The number of rotatable bonds is 4. The molecule has 1 unspecified atom stereocenters. The lowest BCUT2D eigenvalue weighted by Crippen LogP contribution is -2.04. The number of alkyl halides is 2. The van der Waals surface area contributed by atoms with Gasteiger partial charge in [-0.3, -0.25) is 4.79 Å². The Balaban J connectivity index is 3.12. The van der Waals surface area contributed by atoms with Crippen LogP contribution in [0.5, 0.6) is 0 Å². The number of hydrogen-bond donors (Lipinski definition) is 0. The Morgan fingerprint density at radius 3 is 2.67 bits per heavy atom. The molecule has 0 amide bonds. The predicted octanol–water partition coefficient (Wildman–Crippen LogP) is 4.01. The minimum atomic E-state index is -0.239. The number of aryl methyl sites for hydroxylation is 1. The van der Waals surface area contributed by atoms with Crippen LogP contribution in [0.25, 0.3) is 0 Å². The van der Waals surface area contributed by atoms with Crippen LogP contribution < -0.4 is 0 Å². The van der Waals surface area contributed by atoms with Gasteiger partial charge in [-0.15, -0.1) is 11.6 Å². The van der Waals surface area contributed by atoms with Gasteiger partial charge in [0.1, 0.15) is 5.78 Å². The second-order valence-corrected chi connectivity index (χ2v) is 4.68. The first-order valence-corrected chi connectivity index (χ1v) is 6.37. The van der Waals surface area contributed by atoms with Gasteiger partial charge in [0.05, 0.1) is 4.83 Å². The van der Waals surface area contributed by atoms with Crippen LogP contribution >= 0.6 is 27.5 Å². The monoisotopic (exact) mass is 288 g/mol. The maximum Gasteiger partial charge on any atom is 0.147 e. The molecule has 0 N–H and O–H groups in total. The zero-order chi connectivity index (χ0) is 11.4. The van der Waals surface area contributed by atoms with Crippen molar-refractivity contribution in [3.8, 4) is 0 Å². The van der Waals surface area contributed by atoms with Crippen molar-refractivity contribution in [2.45, 2.75) is 31.0 Å². The number of Topliss-reactive ketones (excluding diaryl/α,β-unsaturated/α-hetero) is 1. The summed E-state index contributed by atoms with van der Waals surface area (Å²) in [5.41, 5.74) is 3.26. The molecule has 0 fully saturated rings. The number of hydrogen-bond acceptors (Lipinski definition) is 1. The zero-order valence-electron chi connectivity index (χ0n) is 8.89. The van der Waals surface area contributed by atoms with E-state index in [1.165, 1.54) is 5.56 Å². The molecule has 0 aliphatic rings. The van der Waals surface area contributed by atoms with Crippen molar-refractivity contribution < 1.29 is 4.79 Å². The molecule has 82 valence electrons. The van der Waals surface area contributed by atoms with Gasteiger partial charge in [-0.25, -0.2) is 0 Å². The smallest absolute Gasteiger partial charge is 0.147 e. The van der Waals surface area contributed by atoms with E-state index >= 15 is 0 Å². The predicted molar refractivity (Wildman–Crippen MR) is 67.7 cm³/mol. The van der Waals surface area contributed by atoms with Gasteiger partial charge in [0.25, 0.3) is 0 Å². The molecule has 0 heterocycles. The van der Waals surface area contributed by atoms with Gasteiger partial charge in [0, 0.05) is 5.88 Å². The maximum atomic E-state index is 11.3. The zero-order valence-corrected chi connectivity index (χ0v) is 11.2. The summed E-state index contributed by atoms with van der Waals surface area (Å²) in [4.78, 5) is 11.0. The molecule has 1 aromatic carbocycles. The van der Waals surface area contributed by atoms with E-state index in [9.17, 15) is 4.79 Å². The lowest BCUT2D eigenvalue weighted by atomic mass is 10.00. The summed E-state index contributed by atoms with van der Waals surface area (Å²) >= 11 is 9.26. The third-order valence-corrected chi connectivity index (χ3v) is 3.82. The van der Waals surface area contributed by atoms with E-state index in [1.807, 2.05) is 12.1 Å². The van der Waals surface area contributed by atoms with Crippen LogP contribution in [0, 0.1) is 0 Å². The highest BCUT2D eigenvalue weighted by atomic mass is 79.9. The third kappa shape index (κ3) is 3.05. The molecule has 0 saturated carbocycles. The number of carbonyl (C=O) groups excluding carboxylic acids is 1. The Kier molecular flexibility index (Phi) is 4.81. The summed E-state index contributed by atoms with van der Waals surface area (Å²) in [7, 11) is 0. The van der Waals surface area contributed by atoms with E-state index in [4.69, 9.17) is 11.6 Å². The molecule has 1 atom stereocenters. The highest BCUT2D eigenvalue weighted by molar-refractivity contribution is 9.09. The number of carbonyl (C=O) groups is 1. The highest BCUT2D eigenvalue weighted by Gasteiger charge is 2.16. The fraction of sp³-hybridized carbons (Fsp3) is 0.417. The number of ketones is 1. The molecule has 1 rings (SSSR count). The molecule has 0 spiro atoms. The third-order valence-electron chi connectivity index (χ3n) is 2.39. The average Bonchev–Trinajstić information content (AvgIpc) is 2.27. The van der Waals surface area contributed by atoms with Crippen LogP contribution in [0.3, 0.4) is 0 Å². The Labute approximate surface area is 104 Å². The molecule has 0 aliphatic heterocycles. The fourth-order valence-electron chi connectivity index (χ4n) is 1.46. The summed E-state index contributed by atoms with van der Waals surface area (Å²) in [6, 6.07) is 6.10. The van der Waals surface area contributed by atoms with Gasteiger partial charge in [0.2, 0.25) is 0 Å². The van der Waals surface area contributed by atoms with Crippen molar-refractivity contribution in [2.24, 2.45) is 0 Å². The Morgan fingerprint density at radius 1 is 1.53 bits per heavy atom. The molecular weight excluding hydrogens is 275 g/mol. The lowest BCUT2D eigenvalue weighted by molar-refractivity contribution is -0.116. The van der Waals surface area contributed by atoms with Crippen molar-refractivity contribution in [3.63, 3.8) is 0 Å². The lowest BCUT2D eigenvalue weighted by Gasteiger charge is -2.12. The van der Waals surface area contributed by atoms with Crippen LogP contribution in [0.1, 0.15) is 35.4 Å². The van der Waals surface area contributed by atoms with Crippen LogP contribution in [-0.4, -0.2) is 5.78 Å². The topological polar surface area (TPSA) is 17.1 Å². The molecule has 1 nitrogen and oxygen atoms in total. The SMILES string of the molecule is CCc1ccc(C(Br)C(C)=O)c(CCl)c1. The standard InChI is InChI=1S/C12H14BrClO/c1-3-9-4-5-11(10(6-9)7-14)12(13)8(2)15/h4-6,12H,3,7H2,1-2H3. The van der Waals surface area contributed by atoms with E-state index < -0.39 is 0 Å². The van der Waals surface area contributed by atoms with E-state index in [0.29, 0.717) is 5.88 Å². The summed E-state index contributed by atoms with van der Waals surface area (Å²) in [5, 5.41) is 0. The molecule has 0 radical (unpaired) electrons. The summed E-state index contributed by atoms with van der Waals surface area (Å²) in [6.07, 6.45) is 0.983. The van der Waals surface area contributed by atoms with Crippen LogP contribution in [0.4, 0.5) is 0 Å². The molecule has 0 saturated heterocycles. The Bertz CT molecular complexity index is 363. The maximum absolute atomic E-state index is 11.3. The first-order valence-electron chi connectivity index (χ1n) is 4.92. The highest BCUT2D eigenvalue weighted by Crippen LogP contribution is 2.28. The molecular formula is C12H14BrClO. The largest absolute Gasteiger partial charge is 0.298 e.